The zero-order valence-corrected chi connectivity index (χ0v) is 56.7. The third-order valence-corrected chi connectivity index (χ3v) is 14.6. The van der Waals surface area contributed by atoms with Gasteiger partial charge in [0.1, 0.15) is 6.61 Å². The number of nitrogens with two attached hydrogens (primary N) is 1. The lowest BCUT2D eigenvalue weighted by Crippen LogP contribution is -2.29. The van der Waals surface area contributed by atoms with Crippen molar-refractivity contribution in [2.75, 3.05) is 26.4 Å². The Bertz CT molecular complexity index is 2210. The van der Waals surface area contributed by atoms with Crippen LogP contribution in [0.4, 0.5) is 0 Å². The summed E-state index contributed by atoms with van der Waals surface area (Å²) in [6.07, 6.45) is 111. The average molecular weight is 1250 g/mol. The van der Waals surface area contributed by atoms with E-state index in [0.29, 0.717) is 12.8 Å². The number of allylic oxidation sites excluding steroid dienone is 34. The maximum atomic E-state index is 12.7. The molecule has 0 amide bonds. The molecule has 89 heavy (non-hydrogen) atoms. The van der Waals surface area contributed by atoms with Crippen LogP contribution in [0.25, 0.3) is 0 Å². The van der Waals surface area contributed by atoms with Gasteiger partial charge in [0.2, 0.25) is 0 Å². The van der Waals surface area contributed by atoms with Crippen LogP contribution in [-0.4, -0.2) is 49.3 Å². The first-order chi connectivity index (χ1) is 43.8. The Labute approximate surface area is 544 Å². The summed E-state index contributed by atoms with van der Waals surface area (Å²) < 4.78 is 33.1. The van der Waals surface area contributed by atoms with E-state index >= 15 is 0 Å². The van der Waals surface area contributed by atoms with Gasteiger partial charge in [0.05, 0.1) is 13.2 Å². The van der Waals surface area contributed by atoms with Gasteiger partial charge in [-0.05, 0) is 148 Å². The van der Waals surface area contributed by atoms with Gasteiger partial charge in [0.25, 0.3) is 0 Å². The number of ether oxygens (including phenoxy) is 2. The molecule has 0 aromatic rings. The Morgan fingerprint density at radius 3 is 0.888 bits per heavy atom. The highest BCUT2D eigenvalue weighted by molar-refractivity contribution is 7.47. The lowest BCUT2D eigenvalue weighted by atomic mass is 10.0. The summed E-state index contributed by atoms with van der Waals surface area (Å²) in [5, 5.41) is 0. The molecule has 0 aliphatic carbocycles. The van der Waals surface area contributed by atoms with Crippen LogP contribution in [0.15, 0.2) is 207 Å². The number of hydrogen-bond acceptors (Lipinski definition) is 8. The third kappa shape index (κ3) is 71.5. The van der Waals surface area contributed by atoms with Crippen molar-refractivity contribution in [1.82, 2.24) is 0 Å². The van der Waals surface area contributed by atoms with Gasteiger partial charge in [-0.2, -0.15) is 0 Å². The molecule has 0 radical (unpaired) electrons. The number of carbonyl (C=O) groups excluding carboxylic acids is 2. The van der Waals surface area contributed by atoms with E-state index in [2.05, 4.69) is 220 Å². The lowest BCUT2D eigenvalue weighted by Gasteiger charge is -2.19. The molecule has 0 fully saturated rings. The van der Waals surface area contributed by atoms with Crippen molar-refractivity contribution in [3.8, 4) is 0 Å². The molecule has 10 heteroatoms. The zero-order valence-electron chi connectivity index (χ0n) is 55.8. The van der Waals surface area contributed by atoms with Crippen LogP contribution < -0.4 is 5.73 Å². The third-order valence-electron chi connectivity index (χ3n) is 13.7. The van der Waals surface area contributed by atoms with Crippen LogP contribution in [0, 0.1) is 0 Å². The number of phosphoric acid groups is 1. The van der Waals surface area contributed by atoms with Gasteiger partial charge in [0, 0.05) is 19.4 Å². The molecule has 0 aromatic heterocycles. The van der Waals surface area contributed by atoms with Gasteiger partial charge in [0.15, 0.2) is 6.10 Å². The number of hydrogen-bond donors (Lipinski definition) is 2. The standard InChI is InChI=1S/C79H124NO8P/c1-3-5-7-9-11-13-15-17-19-21-23-25-27-29-31-33-34-35-36-37-38-39-40-41-42-44-46-48-50-52-54-56-58-60-62-64-66-68-70-72-79(82)88-77(76-87-89(83,84)86-74-73-80)75-85-78(81)71-69-67-65-63-61-59-57-55-53-51-49-47-45-43-32-30-28-26-24-22-20-18-16-14-12-10-8-6-4-2/h5-8,11-14,17-20,23-26,29-32,34-35,37-38,40-41,44,46,50,52,56,58,62,64,77H,3-4,9-10,15-16,21-22,27-28,33,36,39,42-43,45,47-49,51,53-55,57,59-61,63,65-76,80H2,1-2H3,(H,83,84)/b7-5-,8-6-,13-11-,14-12-,19-17-,20-18-,25-23-,26-24-,31-29-,32-30-,35-34-,38-37-,41-40-,46-44-,52-50-,58-56-,64-62-. The number of rotatable bonds is 62. The molecule has 0 heterocycles. The average Bonchev–Trinajstić information content (AvgIpc) is 3.68. The second kappa shape index (κ2) is 71.7. The Kier molecular flexibility index (Phi) is 67.3. The molecular formula is C79H124NO8P. The van der Waals surface area contributed by atoms with Gasteiger partial charge < -0.3 is 20.1 Å². The zero-order chi connectivity index (χ0) is 64.4. The van der Waals surface area contributed by atoms with Crippen molar-refractivity contribution < 1.29 is 37.6 Å². The largest absolute Gasteiger partial charge is 0.472 e. The summed E-state index contributed by atoms with van der Waals surface area (Å²) in [6, 6.07) is 0. The second-order valence-electron chi connectivity index (χ2n) is 21.9. The highest BCUT2D eigenvalue weighted by Gasteiger charge is 2.26. The topological polar surface area (TPSA) is 134 Å². The Hall–Kier alpha value is -5.41. The Balaban J connectivity index is 4.07. The van der Waals surface area contributed by atoms with Crippen LogP contribution in [0.3, 0.4) is 0 Å². The van der Waals surface area contributed by atoms with Crippen LogP contribution in [0.2, 0.25) is 0 Å². The smallest absolute Gasteiger partial charge is 0.462 e. The molecule has 2 unspecified atom stereocenters. The summed E-state index contributed by atoms with van der Waals surface area (Å²) in [6.45, 7) is 3.44. The highest BCUT2D eigenvalue weighted by atomic mass is 31.2. The van der Waals surface area contributed by atoms with Gasteiger partial charge in [-0.15, -0.1) is 0 Å². The predicted molar refractivity (Wildman–Crippen MR) is 385 cm³/mol. The van der Waals surface area contributed by atoms with Gasteiger partial charge in [-0.3, -0.25) is 18.6 Å². The van der Waals surface area contributed by atoms with E-state index in [4.69, 9.17) is 24.3 Å². The summed E-state index contributed by atoms with van der Waals surface area (Å²) in [5.41, 5.74) is 5.39. The Morgan fingerprint density at radius 1 is 0.337 bits per heavy atom. The minimum absolute atomic E-state index is 0.0352. The van der Waals surface area contributed by atoms with Gasteiger partial charge >= 0.3 is 19.8 Å². The van der Waals surface area contributed by atoms with Crippen molar-refractivity contribution >= 4 is 19.8 Å². The molecular weight excluding hydrogens is 1120 g/mol. The van der Waals surface area contributed by atoms with Crippen LogP contribution >= 0.6 is 7.82 Å². The van der Waals surface area contributed by atoms with E-state index in [-0.39, 0.29) is 32.6 Å². The molecule has 0 aliphatic rings. The summed E-state index contributed by atoms with van der Waals surface area (Å²) in [7, 11) is -4.42. The van der Waals surface area contributed by atoms with Crippen molar-refractivity contribution in [1.29, 1.82) is 0 Å². The SMILES string of the molecule is CC/C=C\C/C=C\C/C=C\C/C=C\C/C=C\C/C=C\C/C=C\C/C=C\C/C=C\C/C=C\C/C=C\C/C=C\CCCCC(=O)OC(COC(=O)CCCCCCCCCCCCCCC/C=C\C/C=C\C/C=C\C/C=C\C/C=C\CC)COP(=O)(O)OCCN. The quantitative estimate of drug-likeness (QED) is 0.0264. The van der Waals surface area contributed by atoms with Crippen molar-refractivity contribution in [3.05, 3.63) is 207 Å². The number of esters is 2. The molecule has 0 saturated heterocycles. The summed E-state index contributed by atoms with van der Waals surface area (Å²) in [5.74, 6) is -0.894. The van der Waals surface area contributed by atoms with Crippen molar-refractivity contribution in [2.45, 2.75) is 251 Å². The normalized spacial score (nSPS) is 14.2. The first-order valence-electron chi connectivity index (χ1n) is 34.6. The predicted octanol–water partition coefficient (Wildman–Crippen LogP) is 23.1. The molecule has 9 nitrogen and oxygen atoms in total. The van der Waals surface area contributed by atoms with E-state index in [1.807, 2.05) is 0 Å². The minimum Gasteiger partial charge on any atom is -0.462 e. The van der Waals surface area contributed by atoms with Crippen LogP contribution in [0.5, 0.6) is 0 Å². The fourth-order valence-electron chi connectivity index (χ4n) is 8.64. The number of carbonyl (C=O) groups is 2. The maximum Gasteiger partial charge on any atom is 0.472 e. The van der Waals surface area contributed by atoms with E-state index in [1.165, 1.54) is 64.2 Å². The first kappa shape index (κ1) is 83.6. The molecule has 0 bridgehead atoms. The summed E-state index contributed by atoms with van der Waals surface area (Å²) >= 11 is 0. The monoisotopic (exact) mass is 1250 g/mol. The fourth-order valence-corrected chi connectivity index (χ4v) is 9.41. The number of phosphoric ester groups is 1. The summed E-state index contributed by atoms with van der Waals surface area (Å²) in [4.78, 5) is 35.3. The van der Waals surface area contributed by atoms with Crippen LogP contribution in [0.1, 0.15) is 245 Å². The molecule has 0 saturated carbocycles. The van der Waals surface area contributed by atoms with E-state index in [9.17, 15) is 19.0 Å². The molecule has 0 aromatic carbocycles. The minimum atomic E-state index is -4.42. The molecule has 2 atom stereocenters. The fraction of sp³-hybridized carbons (Fsp3) is 0.544. The molecule has 0 rings (SSSR count). The van der Waals surface area contributed by atoms with Crippen LogP contribution in [-0.2, 0) is 32.7 Å². The van der Waals surface area contributed by atoms with E-state index in [0.717, 1.165) is 141 Å². The maximum absolute atomic E-state index is 12.7. The van der Waals surface area contributed by atoms with Gasteiger partial charge in [-0.1, -0.05) is 291 Å². The van der Waals surface area contributed by atoms with Gasteiger partial charge in [-0.25, -0.2) is 4.57 Å². The van der Waals surface area contributed by atoms with Crippen molar-refractivity contribution in [3.63, 3.8) is 0 Å². The van der Waals surface area contributed by atoms with Crippen molar-refractivity contribution in [2.24, 2.45) is 5.73 Å². The molecule has 0 aliphatic heterocycles. The van der Waals surface area contributed by atoms with E-state index < -0.39 is 32.5 Å². The molecule has 3 N–H and O–H groups in total. The highest BCUT2D eigenvalue weighted by Crippen LogP contribution is 2.43. The number of unbranched alkanes of at least 4 members (excludes halogenated alkanes) is 15. The first-order valence-corrected chi connectivity index (χ1v) is 36.1. The second-order valence-corrected chi connectivity index (χ2v) is 23.4. The van der Waals surface area contributed by atoms with E-state index in [1.54, 1.807) is 0 Å². The Morgan fingerprint density at radius 2 is 0.584 bits per heavy atom. The molecule has 498 valence electrons. The lowest BCUT2D eigenvalue weighted by molar-refractivity contribution is -0.161. The molecule has 0 spiro atoms.